The van der Waals surface area contributed by atoms with Gasteiger partial charge < -0.3 is 70.1 Å². The lowest BCUT2D eigenvalue weighted by molar-refractivity contribution is 0.0163. The molecule has 0 fully saturated rings. The lowest BCUT2D eigenvalue weighted by Crippen LogP contribution is -2.39. The number of hydrogen-bond donors (Lipinski definition) is 8. The van der Waals surface area contributed by atoms with E-state index in [2.05, 4.69) is 90.3 Å². The summed E-state index contributed by atoms with van der Waals surface area (Å²) < 4.78 is 33.6. The van der Waals surface area contributed by atoms with Gasteiger partial charge in [-0.3, -0.25) is 0 Å². The highest BCUT2D eigenvalue weighted by atomic mass is 35.5. The molecule has 0 saturated carbocycles. The molecule has 0 aromatic heterocycles. The average molecular weight is 1210 g/mol. The van der Waals surface area contributed by atoms with Crippen LogP contribution >= 0.6 is 46.4 Å². The molecule has 0 spiro atoms. The van der Waals surface area contributed by atoms with E-state index in [4.69, 9.17) is 85.9 Å². The van der Waals surface area contributed by atoms with Gasteiger partial charge in [-0.2, -0.15) is 10.2 Å². The highest BCUT2D eigenvalue weighted by Crippen LogP contribution is 2.40. The fraction of sp³-hybridized carbons (Fsp3) is 0.483. The number of carbonyl (C=O) groups is 2. The number of unbranched alkanes of at least 4 members (excludes halogenated alkanes) is 1. The minimum absolute atomic E-state index is 0.0818. The van der Waals surface area contributed by atoms with Gasteiger partial charge in [0.15, 0.2) is 0 Å². The third-order valence-corrected chi connectivity index (χ3v) is 14.5. The van der Waals surface area contributed by atoms with Gasteiger partial charge in [-0.15, -0.1) is 0 Å². The second-order valence-electron chi connectivity index (χ2n) is 19.6. The van der Waals surface area contributed by atoms with Crippen LogP contribution in [0.15, 0.2) is 95.4 Å². The lowest BCUT2D eigenvalue weighted by Gasteiger charge is -2.33. The Labute approximate surface area is 501 Å². The molecule has 4 amide bonds. The first-order valence-electron chi connectivity index (χ1n) is 27.6. The van der Waals surface area contributed by atoms with Crippen LogP contribution in [0.2, 0.25) is 20.1 Å². The molecule has 2 atom stereocenters. The van der Waals surface area contributed by atoms with Crippen LogP contribution in [0.25, 0.3) is 11.4 Å². The van der Waals surface area contributed by atoms with E-state index < -0.39 is 0 Å². The predicted molar refractivity (Wildman–Crippen MR) is 321 cm³/mol. The molecule has 8 N–H and O–H groups in total. The summed E-state index contributed by atoms with van der Waals surface area (Å²) in [6.07, 6.45) is 4.85. The van der Waals surface area contributed by atoms with Crippen molar-refractivity contribution in [3.05, 3.63) is 150 Å². The molecule has 2 aliphatic heterocycles. The van der Waals surface area contributed by atoms with Gasteiger partial charge in [-0.25, -0.2) is 20.7 Å². The number of carbonyl (C=O) groups excluding carboxylic acids is 2. The molecule has 0 aliphatic carbocycles. The monoisotopic (exact) mass is 1210 g/mol. The van der Waals surface area contributed by atoms with Gasteiger partial charge in [-0.1, -0.05) is 82.8 Å². The van der Waals surface area contributed by atoms with E-state index >= 15 is 0 Å². The Hall–Kier alpha value is -5.46. The molecule has 0 bridgehead atoms. The van der Waals surface area contributed by atoms with E-state index in [-0.39, 0.29) is 23.9 Å². The molecule has 4 aromatic rings. The predicted octanol–water partition coefficient (Wildman–Crippen LogP) is 9.47. The maximum absolute atomic E-state index is 12.1. The van der Waals surface area contributed by atoms with Crippen LogP contribution in [0.1, 0.15) is 69.2 Å². The second-order valence-corrected chi connectivity index (χ2v) is 21.3. The number of fused-ring (bicyclic) bond motifs is 2. The van der Waals surface area contributed by atoms with E-state index in [1.807, 2.05) is 36.4 Å². The van der Waals surface area contributed by atoms with Crippen molar-refractivity contribution in [2.45, 2.75) is 37.8 Å². The van der Waals surface area contributed by atoms with Crippen molar-refractivity contribution in [2.24, 2.45) is 10.2 Å². The summed E-state index contributed by atoms with van der Waals surface area (Å²) >= 11 is 25.9. The van der Waals surface area contributed by atoms with Crippen molar-refractivity contribution >= 4 is 69.9 Å². The summed E-state index contributed by atoms with van der Waals surface area (Å²) in [4.78, 5) is 28.7. The van der Waals surface area contributed by atoms with Gasteiger partial charge in [0.1, 0.15) is 11.4 Å². The largest absolute Gasteiger partial charge is 0.387 e. The maximum atomic E-state index is 12.1. The van der Waals surface area contributed by atoms with Gasteiger partial charge in [0.05, 0.1) is 79.3 Å². The fourth-order valence-corrected chi connectivity index (χ4v) is 10.5. The number of halogens is 4. The molecule has 0 radical (unpaired) electrons. The average Bonchev–Trinajstić information content (AvgIpc) is 3.67. The van der Waals surface area contributed by atoms with Crippen molar-refractivity contribution in [1.82, 2.24) is 41.7 Å². The third-order valence-electron chi connectivity index (χ3n) is 13.4. The number of ether oxygens (including phenoxy) is 6. The van der Waals surface area contributed by atoms with Crippen molar-refractivity contribution in [2.75, 3.05) is 146 Å². The van der Waals surface area contributed by atoms with Crippen LogP contribution in [0.5, 0.6) is 0 Å². The molecule has 82 heavy (non-hydrogen) atoms. The number of hydrogen-bond acceptors (Lipinski definition) is 16. The van der Waals surface area contributed by atoms with Crippen molar-refractivity contribution in [3.63, 3.8) is 0 Å². The topological polar surface area (TPSA) is 241 Å². The first-order chi connectivity index (χ1) is 39.9. The Morgan fingerprint density at radius 1 is 0.512 bits per heavy atom. The Kier molecular flexibility index (Phi) is 29.6. The summed E-state index contributed by atoms with van der Waals surface area (Å²) in [5, 5.41) is 27.6. The molecule has 2 heterocycles. The number of nitrogens with one attached hydrogen (secondary N) is 8. The van der Waals surface area contributed by atoms with Crippen LogP contribution in [-0.4, -0.2) is 168 Å². The number of rotatable bonds is 37. The number of amides is 4. The molecular weight excluding hydrogens is 1130 g/mol. The first kappa shape index (κ1) is 65.7. The molecule has 0 saturated heterocycles. The summed E-state index contributed by atoms with van der Waals surface area (Å²) in [5.41, 5.74) is 24.9. The molecule has 2 aliphatic rings. The maximum Gasteiger partial charge on any atom is 0.314 e. The molecule has 0 unspecified atom stereocenters. The lowest BCUT2D eigenvalue weighted by atomic mass is 9.84. The molecular formula is C58H78Cl4N12O8. The second kappa shape index (κ2) is 37.0. The van der Waals surface area contributed by atoms with E-state index in [9.17, 15) is 9.59 Å². The van der Waals surface area contributed by atoms with Gasteiger partial charge in [0, 0.05) is 121 Å². The van der Waals surface area contributed by atoms with Crippen molar-refractivity contribution in [1.29, 1.82) is 11.1 Å². The number of benzene rings is 4. The van der Waals surface area contributed by atoms with Crippen molar-refractivity contribution < 1.29 is 38.0 Å². The van der Waals surface area contributed by atoms with E-state index in [0.717, 1.165) is 70.7 Å². The number of nitrogens with zero attached hydrogens (tertiary/aromatic N) is 4. The zero-order valence-electron chi connectivity index (χ0n) is 46.8. The standard InChI is InChI=1S/C58H78Cl4N12O8/c1-73-37-49(47-31-45(59)33-53(61)51(47)39-73)41-7-5-9-43(29-41)55(71-63)35-65-13-17-77-21-25-81-27-23-79-19-15-69-57(75)67-11-3-4-12-68-58(76)70-16-20-80-24-28-82-26-22-78-18-14-66-36-56(72-64)44-10-6-8-42(30-44)50-38-74(2)40-52-48(50)32-46(60)34-54(52)62/h5-10,29-36,49-50,63-66H,3-4,11-28,37-40H2,1-2H3,(H2,67,69,75)(H2,68,70,76)/b55-35-,56-36-,71-63?,72-64?/t49-,50-/m0/s1. The van der Waals surface area contributed by atoms with E-state index in [1.165, 1.54) is 0 Å². The summed E-state index contributed by atoms with van der Waals surface area (Å²) in [5.74, 6) is 0.164. The minimum atomic E-state index is -0.282. The highest BCUT2D eigenvalue weighted by Gasteiger charge is 2.29. The zero-order valence-corrected chi connectivity index (χ0v) is 49.8. The number of likely N-dealkylation sites (N-methyl/N-ethyl adjacent to an activating group) is 2. The first-order valence-corrected chi connectivity index (χ1v) is 29.1. The summed E-state index contributed by atoms with van der Waals surface area (Å²) in [6.45, 7) is 10.7. The Morgan fingerprint density at radius 3 is 1.24 bits per heavy atom. The molecule has 446 valence electrons. The van der Waals surface area contributed by atoms with Crippen LogP contribution in [-0.2, 0) is 41.5 Å². The Balaban J connectivity index is 0.666. The van der Waals surface area contributed by atoms with Gasteiger partial charge in [0.25, 0.3) is 0 Å². The Bertz CT molecular complexity index is 2540. The van der Waals surface area contributed by atoms with E-state index in [1.54, 1.807) is 24.5 Å². The van der Waals surface area contributed by atoms with Gasteiger partial charge >= 0.3 is 12.1 Å². The SMILES string of the molecule is CN1Cc2c(Cl)cc(Cl)cc2[C@H](c2cccc(/C(=C/NCCOCCOCCOCCNC(=O)NCCCCNC(=O)NCCOCCOCCOCCN/C=C(\N=N)c3cccc([C@@H]4CN(C)Cc5c(Cl)cc(Cl)cc54)c3)N=N)c2)C1. The summed E-state index contributed by atoms with van der Waals surface area (Å²) in [7, 11) is 4.15. The van der Waals surface area contributed by atoms with Crippen LogP contribution in [0.3, 0.4) is 0 Å². The smallest absolute Gasteiger partial charge is 0.314 e. The van der Waals surface area contributed by atoms with Gasteiger partial charge in [0.2, 0.25) is 0 Å². The normalized spacial score (nSPS) is 15.5. The molecule has 24 heteroatoms. The number of urea groups is 2. The molecule has 20 nitrogen and oxygen atoms in total. The quantitative estimate of drug-likeness (QED) is 0.0156. The van der Waals surface area contributed by atoms with Crippen LogP contribution in [0, 0.1) is 11.1 Å². The van der Waals surface area contributed by atoms with Crippen LogP contribution < -0.4 is 31.9 Å². The summed E-state index contributed by atoms with van der Waals surface area (Å²) in [6, 6.07) is 23.2. The third kappa shape index (κ3) is 22.6. The van der Waals surface area contributed by atoms with Crippen LogP contribution in [0.4, 0.5) is 9.59 Å². The minimum Gasteiger partial charge on any atom is -0.387 e. The zero-order chi connectivity index (χ0) is 58.3. The van der Waals surface area contributed by atoms with Gasteiger partial charge in [-0.05, 0) is 96.7 Å². The molecule has 6 rings (SSSR count). The van der Waals surface area contributed by atoms with Crippen molar-refractivity contribution in [3.8, 4) is 0 Å². The highest BCUT2D eigenvalue weighted by molar-refractivity contribution is 6.35. The Morgan fingerprint density at radius 2 is 0.866 bits per heavy atom. The fourth-order valence-electron chi connectivity index (χ4n) is 9.39. The molecule has 4 aromatic carbocycles. The van der Waals surface area contributed by atoms with E-state index in [0.29, 0.717) is 163 Å².